The maximum Gasteiger partial charge on any atom is 0.408 e. The fourth-order valence-corrected chi connectivity index (χ4v) is 9.79. The third-order valence-corrected chi connectivity index (χ3v) is 14.0. The molecule has 0 bridgehead atoms. The van der Waals surface area contributed by atoms with Crippen molar-refractivity contribution in [2.45, 2.75) is 207 Å². The van der Waals surface area contributed by atoms with Crippen LogP contribution in [0.1, 0.15) is 59.9 Å². The molecular formula is C51H78N6O29. The Labute approximate surface area is 490 Å². The maximum absolute atomic E-state index is 14.2. The van der Waals surface area contributed by atoms with Gasteiger partial charge in [0.15, 0.2) is 18.8 Å². The maximum atomic E-state index is 14.2. The lowest BCUT2D eigenvalue weighted by Crippen LogP contribution is -2.72. The number of carbonyl (C=O) groups excluding carboxylic acids is 6. The standard InChI is InChI=1S/C51H78N6O29/c1-19-33(67)36(70)37(71)46(79-19)83-41-32(54-21(3)62)44(57-29(65)13-23(56-49(78)86-50(4,5)6)43(73)52-15-30(66)55-24(45(74)75)12-22-10-8-7-9-11-22)80-28(18-60)39(41)82-47-38(72)42(35(69)27(17-59)81-47)85-51(48(76)77)14-25(63)31(53-20(2)61)40(84-51)34(68)26(64)16-58/h7-11,19,23-28,31-42,44,46-47,58-60,63-64,67-72H,12-18H2,1-6H3,(H,52,73)(H,53,61)(H,54,62)(H,55,66)(H,56,78)(H,57,65)(H,74,75)(H,76,77)/t19-,23-,24-,25-,26+,27+,28+,31+,32+,33+,34+,35-,36+,37-,38+,39+,40+,41+,42-,44+,46-,47-,51-/m0/s1. The van der Waals surface area contributed by atoms with Gasteiger partial charge in [-0.15, -0.1) is 0 Å². The lowest BCUT2D eigenvalue weighted by molar-refractivity contribution is -0.386. The smallest absolute Gasteiger partial charge is 0.408 e. The van der Waals surface area contributed by atoms with Gasteiger partial charge >= 0.3 is 18.0 Å². The molecule has 35 heteroatoms. The van der Waals surface area contributed by atoms with E-state index in [0.29, 0.717) is 5.56 Å². The third-order valence-electron chi connectivity index (χ3n) is 14.0. The predicted octanol–water partition coefficient (Wildman–Crippen LogP) is -8.89. The molecule has 0 radical (unpaired) electrons. The summed E-state index contributed by atoms with van der Waals surface area (Å²) in [4.78, 5) is 105. The average Bonchev–Trinajstić information content (AvgIpc) is 0.869. The van der Waals surface area contributed by atoms with Crippen molar-refractivity contribution in [1.82, 2.24) is 31.9 Å². The van der Waals surface area contributed by atoms with Gasteiger partial charge in [0.05, 0.1) is 51.0 Å². The van der Waals surface area contributed by atoms with E-state index in [4.69, 9.17) is 37.9 Å². The highest BCUT2D eigenvalue weighted by Gasteiger charge is 2.61. The van der Waals surface area contributed by atoms with Gasteiger partial charge in [0, 0.05) is 26.7 Å². The predicted molar refractivity (Wildman–Crippen MR) is 279 cm³/mol. The average molecular weight is 1240 g/mol. The number of benzene rings is 1. The zero-order valence-corrected chi connectivity index (χ0v) is 47.4. The number of rotatable bonds is 25. The summed E-state index contributed by atoms with van der Waals surface area (Å²) in [5, 5.41) is 154. The summed E-state index contributed by atoms with van der Waals surface area (Å²) in [5.74, 6) is -12.0. The number of hydrogen-bond acceptors (Lipinski definition) is 27. The highest BCUT2D eigenvalue weighted by molar-refractivity contribution is 5.94. The van der Waals surface area contributed by atoms with Crippen molar-refractivity contribution in [2.75, 3.05) is 26.4 Å². The van der Waals surface area contributed by atoms with Crippen LogP contribution in [0.2, 0.25) is 0 Å². The van der Waals surface area contributed by atoms with Crippen LogP contribution in [-0.2, 0) is 77.9 Å². The van der Waals surface area contributed by atoms with Crippen LogP contribution >= 0.6 is 0 Å². The summed E-state index contributed by atoms with van der Waals surface area (Å²) in [6.07, 6.45) is -40.6. The van der Waals surface area contributed by atoms with Crippen LogP contribution in [0.5, 0.6) is 0 Å². The third kappa shape index (κ3) is 18.3. The zero-order valence-electron chi connectivity index (χ0n) is 47.4. The molecule has 0 unspecified atom stereocenters. The number of aliphatic carboxylic acids is 2. The van der Waals surface area contributed by atoms with Crippen molar-refractivity contribution >= 4 is 47.6 Å². The molecule has 5 rings (SSSR count). The Balaban J connectivity index is 1.49. The quantitative estimate of drug-likeness (QED) is 0.0432. The fourth-order valence-electron chi connectivity index (χ4n) is 9.79. The van der Waals surface area contributed by atoms with E-state index >= 15 is 0 Å². The highest BCUT2D eigenvalue weighted by Crippen LogP contribution is 2.39. The second-order valence-corrected chi connectivity index (χ2v) is 21.9. The molecule has 4 heterocycles. The minimum absolute atomic E-state index is 0.147. The Morgan fingerprint density at radius 1 is 0.698 bits per heavy atom. The molecular weight excluding hydrogens is 1160 g/mol. The van der Waals surface area contributed by atoms with Crippen molar-refractivity contribution in [3.8, 4) is 0 Å². The first-order valence-corrected chi connectivity index (χ1v) is 27.0. The molecule has 1 aromatic carbocycles. The lowest BCUT2D eigenvalue weighted by Gasteiger charge is -2.52. The number of ether oxygens (including phenoxy) is 8. The van der Waals surface area contributed by atoms with Crippen molar-refractivity contribution < 1.29 is 143 Å². The van der Waals surface area contributed by atoms with Gasteiger partial charge < -0.3 is 136 Å². The summed E-state index contributed by atoms with van der Waals surface area (Å²) < 4.78 is 46.6. The molecule has 4 saturated heterocycles. The van der Waals surface area contributed by atoms with Gasteiger partial charge in [-0.1, -0.05) is 30.3 Å². The molecule has 1 aromatic rings. The highest BCUT2D eigenvalue weighted by atomic mass is 16.8. The zero-order chi connectivity index (χ0) is 64.3. The molecule has 35 nitrogen and oxygen atoms in total. The second-order valence-electron chi connectivity index (χ2n) is 21.9. The number of amides is 6. The van der Waals surface area contributed by atoms with Gasteiger partial charge in [0.25, 0.3) is 5.79 Å². The Morgan fingerprint density at radius 2 is 1.30 bits per heavy atom. The van der Waals surface area contributed by atoms with E-state index in [1.165, 1.54) is 27.7 Å². The van der Waals surface area contributed by atoms with Crippen LogP contribution in [-0.4, -0.2) is 286 Å². The molecule has 0 aromatic heterocycles. The van der Waals surface area contributed by atoms with Gasteiger partial charge in [-0.25, -0.2) is 14.4 Å². The summed E-state index contributed by atoms with van der Waals surface area (Å²) in [6.45, 7) is 3.22. The normalized spacial score (nSPS) is 34.4. The molecule has 0 saturated carbocycles. The molecule has 4 fully saturated rings. The van der Waals surface area contributed by atoms with E-state index in [0.717, 1.165) is 13.8 Å². The van der Waals surface area contributed by atoms with Crippen LogP contribution in [0.3, 0.4) is 0 Å². The number of nitrogens with one attached hydrogen (secondary N) is 6. The van der Waals surface area contributed by atoms with Crippen molar-refractivity contribution in [2.24, 2.45) is 0 Å². The molecule has 4 aliphatic rings. The number of aliphatic hydroxyl groups excluding tert-OH is 11. The summed E-state index contributed by atoms with van der Waals surface area (Å²) in [6, 6.07) is 1.29. The molecule has 86 heavy (non-hydrogen) atoms. The molecule has 6 amide bonds. The van der Waals surface area contributed by atoms with E-state index in [-0.39, 0.29) is 6.42 Å². The molecule has 23 atom stereocenters. The van der Waals surface area contributed by atoms with Gasteiger partial charge in [0.1, 0.15) is 103 Å². The summed E-state index contributed by atoms with van der Waals surface area (Å²) >= 11 is 0. The van der Waals surface area contributed by atoms with Gasteiger partial charge in [-0.05, 0) is 33.3 Å². The van der Waals surface area contributed by atoms with Gasteiger partial charge in [-0.3, -0.25) is 24.0 Å². The monoisotopic (exact) mass is 1240 g/mol. The van der Waals surface area contributed by atoms with E-state index in [2.05, 4.69) is 31.9 Å². The van der Waals surface area contributed by atoms with Crippen LogP contribution in [0.15, 0.2) is 30.3 Å². The Hall–Kier alpha value is -5.94. The van der Waals surface area contributed by atoms with Crippen molar-refractivity contribution in [1.29, 1.82) is 0 Å². The van der Waals surface area contributed by atoms with Crippen molar-refractivity contribution in [3.05, 3.63) is 35.9 Å². The van der Waals surface area contributed by atoms with Crippen molar-refractivity contribution in [3.63, 3.8) is 0 Å². The van der Waals surface area contributed by atoms with Crippen LogP contribution < -0.4 is 31.9 Å². The number of aliphatic hydroxyl groups is 11. The molecule has 19 N–H and O–H groups in total. The molecule has 486 valence electrons. The molecule has 0 aliphatic carbocycles. The number of carboxylic acid groups (broad SMARTS) is 2. The SMILES string of the molecule is CC(=O)N[C@@H]1[C@@H](O[C@@H]2O[C@@H](C)[C@@H](O)[C@@H](O)[C@@H]2O)[C@H](O[C@@H]2O[C@H](CO)[C@H](O)[C@H](O[C@]3(C(=O)O)C[C@H](O)[C@@H](NC(C)=O)[C@H]([C@H](O)[C@H](O)CO)O3)[C@H]2O)[C@@H](CO)O[C@H]1NC(=O)C[C@H](NC(=O)OC(C)(C)C)C(=O)NCC(=O)N[C@@H](Cc1ccccc1)C(=O)O. The van der Waals surface area contributed by atoms with E-state index in [1.807, 2.05) is 0 Å². The number of carboxylic acids is 2. The Bertz CT molecular complexity index is 2480. The lowest BCUT2D eigenvalue weighted by atomic mass is 9.88. The Morgan fingerprint density at radius 3 is 1.87 bits per heavy atom. The largest absolute Gasteiger partial charge is 0.480 e. The summed E-state index contributed by atoms with van der Waals surface area (Å²) in [7, 11) is 0. The second kappa shape index (κ2) is 30.8. The van der Waals surface area contributed by atoms with E-state index in [1.54, 1.807) is 30.3 Å². The first-order chi connectivity index (χ1) is 40.2. The van der Waals surface area contributed by atoms with Gasteiger partial charge in [0.2, 0.25) is 29.5 Å². The minimum Gasteiger partial charge on any atom is -0.480 e. The van der Waals surface area contributed by atoms with Crippen LogP contribution in [0.4, 0.5) is 4.79 Å². The number of carbonyl (C=O) groups is 8. The fraction of sp³-hybridized carbons (Fsp3) is 0.725. The van der Waals surface area contributed by atoms with Gasteiger partial charge in [-0.2, -0.15) is 0 Å². The first kappa shape index (κ1) is 70.8. The molecule has 0 spiro atoms. The van der Waals surface area contributed by atoms with Crippen LogP contribution in [0, 0.1) is 0 Å². The van der Waals surface area contributed by atoms with E-state index < -0.39 is 233 Å². The number of hydrogen-bond donors (Lipinski definition) is 19. The number of alkyl carbamates (subject to hydrolysis) is 1. The first-order valence-electron chi connectivity index (χ1n) is 27.0. The Kier molecular flexibility index (Phi) is 25.4. The van der Waals surface area contributed by atoms with E-state index in [9.17, 15) is 105 Å². The molecule has 4 aliphatic heterocycles. The van der Waals surface area contributed by atoms with Crippen LogP contribution in [0.25, 0.3) is 0 Å². The minimum atomic E-state index is -3.25. The topological polar surface area (TPSA) is 546 Å². The summed E-state index contributed by atoms with van der Waals surface area (Å²) in [5.41, 5.74) is -0.622.